The SMILES string of the molecule is c1ccc(CO[C@H](c2ccccc2)[C@H]2CCN(Cc3ccccc3)Cc3ccccc32)cc1. The maximum atomic E-state index is 6.70. The van der Waals surface area contributed by atoms with Gasteiger partial charge in [-0.3, -0.25) is 4.90 Å². The lowest BCUT2D eigenvalue weighted by Gasteiger charge is -2.29. The lowest BCUT2D eigenvalue weighted by Crippen LogP contribution is -2.23. The molecule has 0 spiro atoms. The van der Waals surface area contributed by atoms with Gasteiger partial charge in [-0.1, -0.05) is 115 Å². The molecule has 0 aliphatic carbocycles. The average Bonchev–Trinajstić information content (AvgIpc) is 3.06. The monoisotopic (exact) mass is 433 g/mol. The third-order valence-electron chi connectivity index (χ3n) is 6.62. The van der Waals surface area contributed by atoms with Gasteiger partial charge in [0.05, 0.1) is 12.7 Å². The number of fused-ring (bicyclic) bond motifs is 1. The van der Waals surface area contributed by atoms with Gasteiger partial charge in [0, 0.05) is 19.0 Å². The van der Waals surface area contributed by atoms with E-state index in [1.54, 1.807) is 0 Å². The summed E-state index contributed by atoms with van der Waals surface area (Å²) in [5.74, 6) is 0.313. The van der Waals surface area contributed by atoms with E-state index in [9.17, 15) is 0 Å². The van der Waals surface area contributed by atoms with E-state index in [4.69, 9.17) is 4.74 Å². The van der Waals surface area contributed by atoms with Gasteiger partial charge in [0.1, 0.15) is 0 Å². The summed E-state index contributed by atoms with van der Waals surface area (Å²) in [6.45, 7) is 3.61. The van der Waals surface area contributed by atoms with Crippen LogP contribution in [-0.4, -0.2) is 11.4 Å². The van der Waals surface area contributed by atoms with E-state index >= 15 is 0 Å². The minimum absolute atomic E-state index is 0.0178. The van der Waals surface area contributed by atoms with Crippen molar-refractivity contribution in [2.45, 2.75) is 38.1 Å². The Labute approximate surface area is 197 Å². The zero-order chi connectivity index (χ0) is 22.3. The van der Waals surface area contributed by atoms with Crippen LogP contribution in [0.2, 0.25) is 0 Å². The van der Waals surface area contributed by atoms with Crippen LogP contribution < -0.4 is 0 Å². The standard InChI is InChI=1S/C31H31NO/c1-4-12-25(13-5-1)22-32-21-20-30(29-19-11-10-18-28(29)23-32)31(27-16-8-3-9-17-27)33-24-26-14-6-2-7-15-26/h1-19,30-31H,20-24H2/t30-,31+/m0/s1. The molecule has 2 heteroatoms. The van der Waals surface area contributed by atoms with E-state index in [-0.39, 0.29) is 6.10 Å². The van der Waals surface area contributed by atoms with Crippen LogP contribution in [0.15, 0.2) is 115 Å². The number of benzene rings is 4. The highest BCUT2D eigenvalue weighted by molar-refractivity contribution is 5.35. The molecule has 0 fully saturated rings. The third kappa shape index (κ3) is 5.42. The summed E-state index contributed by atoms with van der Waals surface area (Å²) >= 11 is 0. The Balaban J connectivity index is 1.44. The van der Waals surface area contributed by atoms with Crippen LogP contribution in [0, 0.1) is 0 Å². The first-order valence-electron chi connectivity index (χ1n) is 11.9. The highest BCUT2D eigenvalue weighted by Gasteiger charge is 2.30. The van der Waals surface area contributed by atoms with Crippen LogP contribution in [0.4, 0.5) is 0 Å². The van der Waals surface area contributed by atoms with Gasteiger partial charge in [-0.15, -0.1) is 0 Å². The maximum absolute atomic E-state index is 6.70. The van der Waals surface area contributed by atoms with Gasteiger partial charge in [-0.05, 0) is 40.8 Å². The lowest BCUT2D eigenvalue weighted by atomic mass is 9.85. The number of nitrogens with zero attached hydrogens (tertiary/aromatic N) is 1. The van der Waals surface area contributed by atoms with E-state index < -0.39 is 0 Å². The molecule has 4 aromatic carbocycles. The quantitative estimate of drug-likeness (QED) is 0.307. The molecule has 166 valence electrons. The highest BCUT2D eigenvalue weighted by atomic mass is 16.5. The number of hydrogen-bond donors (Lipinski definition) is 0. The minimum Gasteiger partial charge on any atom is -0.368 e. The van der Waals surface area contributed by atoms with Crippen molar-refractivity contribution in [3.8, 4) is 0 Å². The molecule has 2 nitrogen and oxygen atoms in total. The molecule has 0 saturated heterocycles. The molecule has 0 aromatic heterocycles. The lowest BCUT2D eigenvalue weighted by molar-refractivity contribution is 0.0173. The molecule has 4 aromatic rings. The Kier molecular flexibility index (Phi) is 6.96. The van der Waals surface area contributed by atoms with Crippen LogP contribution in [-0.2, 0) is 24.4 Å². The summed E-state index contributed by atoms with van der Waals surface area (Å²) in [5.41, 5.74) is 6.68. The summed E-state index contributed by atoms with van der Waals surface area (Å²) < 4.78 is 6.70. The predicted octanol–water partition coefficient (Wildman–Crippen LogP) is 7.13. The molecule has 1 aliphatic rings. The average molecular weight is 434 g/mol. The first-order chi connectivity index (χ1) is 16.4. The second-order valence-corrected chi connectivity index (χ2v) is 8.92. The van der Waals surface area contributed by atoms with Crippen molar-refractivity contribution in [1.29, 1.82) is 0 Å². The zero-order valence-corrected chi connectivity index (χ0v) is 19.0. The first-order valence-corrected chi connectivity index (χ1v) is 11.9. The van der Waals surface area contributed by atoms with Crippen LogP contribution in [0.25, 0.3) is 0 Å². The van der Waals surface area contributed by atoms with E-state index in [1.165, 1.54) is 27.8 Å². The molecule has 33 heavy (non-hydrogen) atoms. The molecule has 0 amide bonds. The van der Waals surface area contributed by atoms with Gasteiger partial charge in [0.25, 0.3) is 0 Å². The Morgan fingerprint density at radius 1 is 0.697 bits per heavy atom. The fourth-order valence-electron chi connectivity index (χ4n) is 4.98. The molecule has 0 unspecified atom stereocenters. The van der Waals surface area contributed by atoms with Crippen molar-refractivity contribution < 1.29 is 4.74 Å². The second kappa shape index (κ2) is 10.6. The third-order valence-corrected chi connectivity index (χ3v) is 6.62. The van der Waals surface area contributed by atoms with Crippen LogP contribution in [0.1, 0.15) is 46.3 Å². The number of hydrogen-bond acceptors (Lipinski definition) is 2. The van der Waals surface area contributed by atoms with E-state index in [2.05, 4.69) is 120 Å². The predicted molar refractivity (Wildman–Crippen MR) is 135 cm³/mol. The number of rotatable bonds is 7. The van der Waals surface area contributed by atoms with E-state index in [0.29, 0.717) is 12.5 Å². The van der Waals surface area contributed by atoms with Gasteiger partial charge in [-0.25, -0.2) is 0 Å². The van der Waals surface area contributed by atoms with Gasteiger partial charge >= 0.3 is 0 Å². The van der Waals surface area contributed by atoms with Crippen molar-refractivity contribution in [1.82, 2.24) is 4.90 Å². The maximum Gasteiger partial charge on any atom is 0.0898 e. The van der Waals surface area contributed by atoms with Crippen molar-refractivity contribution in [3.05, 3.63) is 143 Å². The zero-order valence-electron chi connectivity index (χ0n) is 19.0. The van der Waals surface area contributed by atoms with Gasteiger partial charge in [0.2, 0.25) is 0 Å². The summed E-state index contributed by atoms with van der Waals surface area (Å²) in [6, 6.07) is 41.0. The normalized spacial score (nSPS) is 17.2. The van der Waals surface area contributed by atoms with Gasteiger partial charge in [0.15, 0.2) is 0 Å². The summed E-state index contributed by atoms with van der Waals surface area (Å²) in [7, 11) is 0. The van der Waals surface area contributed by atoms with Gasteiger partial charge in [-0.2, -0.15) is 0 Å². The van der Waals surface area contributed by atoms with Crippen LogP contribution >= 0.6 is 0 Å². The second-order valence-electron chi connectivity index (χ2n) is 8.92. The molecule has 0 N–H and O–H groups in total. The number of ether oxygens (including phenoxy) is 1. The first kappa shape index (κ1) is 21.6. The Bertz CT molecular complexity index is 1130. The summed E-state index contributed by atoms with van der Waals surface area (Å²) in [4.78, 5) is 2.58. The molecule has 1 aliphatic heterocycles. The highest BCUT2D eigenvalue weighted by Crippen LogP contribution is 2.41. The molecule has 5 rings (SSSR count). The molecule has 0 saturated carbocycles. The Morgan fingerprint density at radius 2 is 1.30 bits per heavy atom. The largest absolute Gasteiger partial charge is 0.368 e. The fourth-order valence-corrected chi connectivity index (χ4v) is 4.98. The molecular weight excluding hydrogens is 402 g/mol. The van der Waals surface area contributed by atoms with E-state index in [1.807, 2.05) is 0 Å². The smallest absolute Gasteiger partial charge is 0.0898 e. The summed E-state index contributed by atoms with van der Waals surface area (Å²) in [5, 5.41) is 0. The molecule has 0 radical (unpaired) electrons. The Morgan fingerprint density at radius 3 is 2.03 bits per heavy atom. The van der Waals surface area contributed by atoms with Gasteiger partial charge < -0.3 is 4.74 Å². The summed E-state index contributed by atoms with van der Waals surface area (Å²) in [6.07, 6.45) is 1.09. The van der Waals surface area contributed by atoms with Crippen molar-refractivity contribution >= 4 is 0 Å². The molecule has 0 bridgehead atoms. The van der Waals surface area contributed by atoms with Crippen molar-refractivity contribution in [2.24, 2.45) is 0 Å². The molecular formula is C31H31NO. The molecule has 1 heterocycles. The van der Waals surface area contributed by atoms with Crippen molar-refractivity contribution in [3.63, 3.8) is 0 Å². The fraction of sp³-hybridized carbons (Fsp3) is 0.226. The topological polar surface area (TPSA) is 12.5 Å². The van der Waals surface area contributed by atoms with Crippen LogP contribution in [0.5, 0.6) is 0 Å². The Hall–Kier alpha value is -3.20. The molecule has 2 atom stereocenters. The van der Waals surface area contributed by atoms with E-state index in [0.717, 1.165) is 26.1 Å². The van der Waals surface area contributed by atoms with Crippen LogP contribution in [0.3, 0.4) is 0 Å². The minimum atomic E-state index is 0.0178. The van der Waals surface area contributed by atoms with Crippen molar-refractivity contribution in [2.75, 3.05) is 6.54 Å².